The molecule has 1 aliphatic carbocycles. The highest BCUT2D eigenvalue weighted by molar-refractivity contribution is 7.99. The summed E-state index contributed by atoms with van der Waals surface area (Å²) in [5, 5.41) is 3.98. The van der Waals surface area contributed by atoms with Crippen LogP contribution in [0.25, 0.3) is 0 Å². The summed E-state index contributed by atoms with van der Waals surface area (Å²) in [6, 6.07) is 5.28. The highest BCUT2D eigenvalue weighted by Gasteiger charge is 2.27. The topological polar surface area (TPSA) is 38.0 Å². The first kappa shape index (κ1) is 13.6. The number of thioether (sulfide) groups is 1. The lowest BCUT2D eigenvalue weighted by atomic mass is 10.1. The zero-order chi connectivity index (χ0) is 13.1. The molecule has 1 fully saturated rings. The Morgan fingerprint density at radius 2 is 2.28 bits per heavy atom. The van der Waals surface area contributed by atoms with Gasteiger partial charge in [0.25, 0.3) is 0 Å². The molecule has 98 valence electrons. The highest BCUT2D eigenvalue weighted by Crippen LogP contribution is 2.32. The van der Waals surface area contributed by atoms with E-state index in [-0.39, 0.29) is 10.8 Å². The maximum Gasteiger partial charge on any atom is 0.135 e. The Labute approximate surface area is 117 Å². The predicted molar refractivity (Wildman–Crippen MR) is 80.9 cm³/mol. The molecule has 5 heteroatoms. The SMILES string of the molecule is CSC1CCCC1Nc1cccc(F)c1C(N)=S. The van der Waals surface area contributed by atoms with Crippen LogP contribution in [0, 0.1) is 5.82 Å². The molecular weight excluding hydrogens is 267 g/mol. The van der Waals surface area contributed by atoms with Crippen LogP contribution >= 0.6 is 24.0 Å². The lowest BCUT2D eigenvalue weighted by Gasteiger charge is -2.22. The molecule has 0 amide bonds. The highest BCUT2D eigenvalue weighted by atomic mass is 32.2. The van der Waals surface area contributed by atoms with Crippen LogP contribution in [0.5, 0.6) is 0 Å². The van der Waals surface area contributed by atoms with E-state index in [2.05, 4.69) is 11.6 Å². The molecule has 1 aliphatic rings. The third-order valence-corrected chi connectivity index (χ3v) is 4.73. The number of anilines is 1. The molecule has 0 aliphatic heterocycles. The summed E-state index contributed by atoms with van der Waals surface area (Å²) in [5.74, 6) is -0.355. The minimum absolute atomic E-state index is 0.106. The predicted octanol–water partition coefficient (Wildman–Crippen LogP) is 3.16. The van der Waals surface area contributed by atoms with Crippen molar-refractivity contribution < 1.29 is 4.39 Å². The van der Waals surface area contributed by atoms with Gasteiger partial charge in [-0.3, -0.25) is 0 Å². The van der Waals surface area contributed by atoms with Crippen molar-refractivity contribution in [1.82, 2.24) is 0 Å². The maximum absolute atomic E-state index is 13.7. The molecule has 18 heavy (non-hydrogen) atoms. The Morgan fingerprint density at radius 1 is 1.50 bits per heavy atom. The second-order valence-electron chi connectivity index (χ2n) is 4.48. The number of hydrogen-bond acceptors (Lipinski definition) is 3. The first-order valence-corrected chi connectivity index (χ1v) is 7.70. The number of hydrogen-bond donors (Lipinski definition) is 2. The van der Waals surface area contributed by atoms with E-state index in [1.807, 2.05) is 17.8 Å². The average Bonchev–Trinajstić information content (AvgIpc) is 2.76. The minimum Gasteiger partial charge on any atom is -0.389 e. The van der Waals surface area contributed by atoms with Crippen LogP contribution in [0.4, 0.5) is 10.1 Å². The first-order chi connectivity index (χ1) is 8.63. The number of nitrogens with one attached hydrogen (secondary N) is 1. The van der Waals surface area contributed by atoms with Gasteiger partial charge in [0, 0.05) is 17.0 Å². The van der Waals surface area contributed by atoms with E-state index in [1.54, 1.807) is 6.07 Å². The summed E-state index contributed by atoms with van der Waals surface area (Å²) in [6.07, 6.45) is 5.64. The molecule has 0 radical (unpaired) electrons. The zero-order valence-corrected chi connectivity index (χ0v) is 11.9. The fourth-order valence-electron chi connectivity index (χ4n) is 2.47. The van der Waals surface area contributed by atoms with Gasteiger partial charge < -0.3 is 11.1 Å². The third-order valence-electron chi connectivity index (χ3n) is 3.36. The van der Waals surface area contributed by atoms with Gasteiger partial charge in [0.2, 0.25) is 0 Å². The summed E-state index contributed by atoms with van der Waals surface area (Å²) < 4.78 is 13.7. The van der Waals surface area contributed by atoms with E-state index in [4.69, 9.17) is 18.0 Å². The standard InChI is InChI=1S/C13H17FN2S2/c1-18-11-7-3-5-9(11)16-10-6-2-4-8(14)12(10)13(15)17/h2,4,6,9,11,16H,3,5,7H2,1H3,(H2,15,17). The van der Waals surface area contributed by atoms with Crippen molar-refractivity contribution in [3.05, 3.63) is 29.6 Å². The van der Waals surface area contributed by atoms with Crippen molar-refractivity contribution >= 4 is 34.7 Å². The van der Waals surface area contributed by atoms with Gasteiger partial charge in [0.15, 0.2) is 0 Å². The molecule has 1 aromatic rings. The summed E-state index contributed by atoms with van der Waals surface area (Å²) in [4.78, 5) is 0.106. The smallest absolute Gasteiger partial charge is 0.135 e. The summed E-state index contributed by atoms with van der Waals surface area (Å²) >= 11 is 6.79. The zero-order valence-electron chi connectivity index (χ0n) is 10.3. The molecule has 2 atom stereocenters. The van der Waals surface area contributed by atoms with Gasteiger partial charge in [-0.25, -0.2) is 4.39 Å². The van der Waals surface area contributed by atoms with E-state index in [0.717, 1.165) is 6.42 Å². The van der Waals surface area contributed by atoms with Crippen molar-refractivity contribution in [3.63, 3.8) is 0 Å². The largest absolute Gasteiger partial charge is 0.389 e. The monoisotopic (exact) mass is 284 g/mol. The quantitative estimate of drug-likeness (QED) is 0.833. The van der Waals surface area contributed by atoms with Crippen LogP contribution in [0.3, 0.4) is 0 Å². The fourth-order valence-corrected chi connectivity index (χ4v) is 3.61. The van der Waals surface area contributed by atoms with Crippen LogP contribution in [0.2, 0.25) is 0 Å². The van der Waals surface area contributed by atoms with E-state index in [9.17, 15) is 4.39 Å². The Balaban J connectivity index is 2.23. The van der Waals surface area contributed by atoms with Crippen molar-refractivity contribution in [3.8, 4) is 0 Å². The van der Waals surface area contributed by atoms with Gasteiger partial charge in [-0.05, 0) is 31.2 Å². The lowest BCUT2D eigenvalue weighted by molar-refractivity contribution is 0.625. The van der Waals surface area contributed by atoms with E-state index >= 15 is 0 Å². The van der Waals surface area contributed by atoms with Crippen molar-refractivity contribution in [2.24, 2.45) is 5.73 Å². The number of thiocarbonyl (C=S) groups is 1. The van der Waals surface area contributed by atoms with Crippen molar-refractivity contribution in [1.29, 1.82) is 0 Å². The van der Waals surface area contributed by atoms with Gasteiger partial charge in [-0.2, -0.15) is 11.8 Å². The molecule has 2 rings (SSSR count). The minimum atomic E-state index is -0.355. The first-order valence-electron chi connectivity index (χ1n) is 6.01. The Morgan fingerprint density at radius 3 is 2.94 bits per heavy atom. The van der Waals surface area contributed by atoms with E-state index in [1.165, 1.54) is 18.9 Å². The number of halogens is 1. The van der Waals surface area contributed by atoms with Crippen LogP contribution in [-0.2, 0) is 0 Å². The Hall–Kier alpha value is -0.810. The molecule has 1 saturated carbocycles. The molecule has 0 bridgehead atoms. The number of rotatable bonds is 4. The van der Waals surface area contributed by atoms with Crippen LogP contribution in [0.15, 0.2) is 18.2 Å². The second kappa shape index (κ2) is 5.89. The van der Waals surface area contributed by atoms with E-state index < -0.39 is 0 Å². The van der Waals surface area contributed by atoms with E-state index in [0.29, 0.717) is 22.5 Å². The molecule has 0 saturated heterocycles. The Bertz CT molecular complexity index is 451. The number of benzene rings is 1. The molecule has 2 nitrogen and oxygen atoms in total. The molecule has 2 unspecified atom stereocenters. The van der Waals surface area contributed by atoms with Crippen LogP contribution < -0.4 is 11.1 Å². The van der Waals surface area contributed by atoms with Gasteiger partial charge in [0.05, 0.1) is 5.56 Å². The van der Waals surface area contributed by atoms with Crippen LogP contribution in [-0.4, -0.2) is 22.5 Å². The Kier molecular flexibility index (Phi) is 4.45. The lowest BCUT2D eigenvalue weighted by Crippen LogP contribution is -2.27. The van der Waals surface area contributed by atoms with Gasteiger partial charge >= 0.3 is 0 Å². The normalized spacial score (nSPS) is 23.0. The second-order valence-corrected chi connectivity index (χ2v) is 6.00. The number of nitrogens with two attached hydrogens (primary N) is 1. The summed E-state index contributed by atoms with van der Waals surface area (Å²) in [6.45, 7) is 0. The third kappa shape index (κ3) is 2.78. The molecule has 0 spiro atoms. The maximum atomic E-state index is 13.7. The van der Waals surface area contributed by atoms with Gasteiger partial charge in [-0.1, -0.05) is 24.7 Å². The van der Waals surface area contributed by atoms with Crippen LogP contribution in [0.1, 0.15) is 24.8 Å². The molecule has 1 aromatic carbocycles. The fraction of sp³-hybridized carbons (Fsp3) is 0.462. The van der Waals surface area contributed by atoms with Gasteiger partial charge in [-0.15, -0.1) is 0 Å². The summed E-state index contributed by atoms with van der Waals surface area (Å²) in [7, 11) is 0. The molecular formula is C13H17FN2S2. The van der Waals surface area contributed by atoms with Crippen molar-refractivity contribution in [2.75, 3.05) is 11.6 Å². The molecule has 0 aromatic heterocycles. The average molecular weight is 284 g/mol. The summed E-state index contributed by atoms with van der Waals surface area (Å²) in [5.41, 5.74) is 6.65. The molecule has 3 N–H and O–H groups in total. The van der Waals surface area contributed by atoms with Gasteiger partial charge in [0.1, 0.15) is 10.8 Å². The van der Waals surface area contributed by atoms with Crippen molar-refractivity contribution in [2.45, 2.75) is 30.6 Å². The molecule has 0 heterocycles.